The van der Waals surface area contributed by atoms with Crippen LogP contribution in [-0.2, 0) is 0 Å². The standard InChI is InChI=1S/C17H9NS2/c1-3-7-12-10(5-1)15-14(19-12)9-18-16-11-6-2-4-8-13(11)20-17(15)16/h1-9H. The Hall–Kier alpha value is -1.97. The largest absolute Gasteiger partial charge is 0.253 e. The molecule has 0 radical (unpaired) electrons. The summed E-state index contributed by atoms with van der Waals surface area (Å²) in [6.45, 7) is 0. The van der Waals surface area contributed by atoms with E-state index in [0.717, 1.165) is 5.52 Å². The van der Waals surface area contributed by atoms with E-state index < -0.39 is 0 Å². The van der Waals surface area contributed by atoms with E-state index in [9.17, 15) is 0 Å². The molecule has 0 saturated carbocycles. The molecule has 3 heterocycles. The van der Waals surface area contributed by atoms with Crippen molar-refractivity contribution in [1.82, 2.24) is 4.98 Å². The van der Waals surface area contributed by atoms with Crippen LogP contribution in [0.2, 0.25) is 0 Å². The number of hydrogen-bond acceptors (Lipinski definition) is 3. The van der Waals surface area contributed by atoms with Crippen molar-refractivity contribution in [2.75, 3.05) is 0 Å². The Kier molecular flexibility index (Phi) is 2.04. The van der Waals surface area contributed by atoms with Gasteiger partial charge in [0.2, 0.25) is 0 Å². The molecule has 0 aliphatic heterocycles. The van der Waals surface area contributed by atoms with Gasteiger partial charge in [0.15, 0.2) is 0 Å². The predicted octanol–water partition coefficient (Wildman–Crippen LogP) is 5.82. The van der Waals surface area contributed by atoms with Gasteiger partial charge in [0.25, 0.3) is 0 Å². The molecule has 0 N–H and O–H groups in total. The lowest BCUT2D eigenvalue weighted by Crippen LogP contribution is -1.73. The number of thiophene rings is 2. The minimum atomic E-state index is 1.14. The Bertz CT molecular complexity index is 1100. The molecule has 5 aromatic rings. The molecule has 94 valence electrons. The van der Waals surface area contributed by atoms with Crippen molar-refractivity contribution in [2.24, 2.45) is 0 Å². The number of hydrogen-bond donors (Lipinski definition) is 0. The van der Waals surface area contributed by atoms with Gasteiger partial charge in [-0.25, -0.2) is 0 Å². The van der Waals surface area contributed by atoms with Crippen LogP contribution in [0.25, 0.3) is 40.5 Å². The van der Waals surface area contributed by atoms with Crippen LogP contribution >= 0.6 is 22.7 Å². The van der Waals surface area contributed by atoms with E-state index in [2.05, 4.69) is 48.5 Å². The number of pyridine rings is 1. The third-order valence-electron chi connectivity index (χ3n) is 3.73. The van der Waals surface area contributed by atoms with E-state index in [4.69, 9.17) is 4.98 Å². The first-order chi connectivity index (χ1) is 9.92. The number of fused-ring (bicyclic) bond motifs is 7. The molecule has 3 heteroatoms. The molecule has 1 nitrogen and oxygen atoms in total. The van der Waals surface area contributed by atoms with Gasteiger partial charge in [0.1, 0.15) is 0 Å². The Morgan fingerprint density at radius 2 is 1.40 bits per heavy atom. The number of nitrogens with zero attached hydrogens (tertiary/aromatic N) is 1. The fourth-order valence-electron chi connectivity index (χ4n) is 2.84. The summed E-state index contributed by atoms with van der Waals surface area (Å²) in [5.74, 6) is 0. The van der Waals surface area contributed by atoms with Crippen molar-refractivity contribution < 1.29 is 0 Å². The molecule has 2 aromatic carbocycles. The van der Waals surface area contributed by atoms with Gasteiger partial charge in [-0.2, -0.15) is 0 Å². The lowest BCUT2D eigenvalue weighted by molar-refractivity contribution is 1.48. The van der Waals surface area contributed by atoms with Gasteiger partial charge in [-0.05, 0) is 12.1 Å². The zero-order valence-electron chi connectivity index (χ0n) is 10.5. The van der Waals surface area contributed by atoms with Crippen molar-refractivity contribution in [2.45, 2.75) is 0 Å². The Morgan fingerprint density at radius 3 is 2.25 bits per heavy atom. The second-order valence-corrected chi connectivity index (χ2v) is 7.01. The second-order valence-electron chi connectivity index (χ2n) is 4.87. The molecule has 0 atom stereocenters. The van der Waals surface area contributed by atoms with E-state index in [1.807, 2.05) is 28.9 Å². The van der Waals surface area contributed by atoms with Crippen molar-refractivity contribution in [1.29, 1.82) is 0 Å². The normalized spacial score (nSPS) is 12.0. The summed E-state index contributed by atoms with van der Waals surface area (Å²) in [5.41, 5.74) is 1.14. The average Bonchev–Trinajstić information content (AvgIpc) is 3.04. The third kappa shape index (κ3) is 1.29. The third-order valence-corrected chi connectivity index (χ3v) is 6.01. The molecule has 20 heavy (non-hydrogen) atoms. The van der Waals surface area contributed by atoms with Crippen molar-refractivity contribution in [3.8, 4) is 0 Å². The van der Waals surface area contributed by atoms with Crippen molar-refractivity contribution in [3.05, 3.63) is 54.7 Å². The maximum Gasteiger partial charge on any atom is 0.0895 e. The lowest BCUT2D eigenvalue weighted by Gasteiger charge is -1.94. The summed E-state index contributed by atoms with van der Waals surface area (Å²) >= 11 is 3.69. The molecule has 0 unspecified atom stereocenters. The van der Waals surface area contributed by atoms with Crippen LogP contribution in [0.5, 0.6) is 0 Å². The zero-order valence-corrected chi connectivity index (χ0v) is 12.1. The molecule has 3 aromatic heterocycles. The minimum absolute atomic E-state index is 1.14. The Morgan fingerprint density at radius 1 is 0.700 bits per heavy atom. The summed E-state index contributed by atoms with van der Waals surface area (Å²) in [4.78, 5) is 4.71. The van der Waals surface area contributed by atoms with E-state index in [1.54, 1.807) is 0 Å². The fraction of sp³-hybridized carbons (Fsp3) is 0. The first-order valence-electron chi connectivity index (χ1n) is 6.49. The first kappa shape index (κ1) is 10.8. The number of aromatic nitrogens is 1. The topological polar surface area (TPSA) is 12.9 Å². The summed E-state index contributed by atoms with van der Waals surface area (Å²) < 4.78 is 5.26. The summed E-state index contributed by atoms with van der Waals surface area (Å²) in [6.07, 6.45) is 2.03. The van der Waals surface area contributed by atoms with Gasteiger partial charge in [-0.3, -0.25) is 4.98 Å². The van der Waals surface area contributed by atoms with Crippen LogP contribution in [0, 0.1) is 0 Å². The Labute approximate surface area is 123 Å². The average molecular weight is 291 g/mol. The Balaban J connectivity index is 2.14. The monoisotopic (exact) mass is 291 g/mol. The maximum atomic E-state index is 4.71. The van der Waals surface area contributed by atoms with Crippen LogP contribution < -0.4 is 0 Å². The molecule has 0 amide bonds. The highest BCUT2D eigenvalue weighted by atomic mass is 32.1. The van der Waals surface area contributed by atoms with Crippen molar-refractivity contribution in [3.63, 3.8) is 0 Å². The fourth-order valence-corrected chi connectivity index (χ4v) is 5.21. The van der Waals surface area contributed by atoms with Gasteiger partial charge in [-0.1, -0.05) is 36.4 Å². The minimum Gasteiger partial charge on any atom is -0.253 e. The smallest absolute Gasteiger partial charge is 0.0895 e. The van der Waals surface area contributed by atoms with E-state index in [-0.39, 0.29) is 0 Å². The highest BCUT2D eigenvalue weighted by Crippen LogP contribution is 2.42. The maximum absolute atomic E-state index is 4.71. The van der Waals surface area contributed by atoms with Crippen LogP contribution in [0.4, 0.5) is 0 Å². The first-order valence-corrected chi connectivity index (χ1v) is 8.12. The summed E-state index contributed by atoms with van der Waals surface area (Å²) in [7, 11) is 0. The second kappa shape index (κ2) is 3.78. The van der Waals surface area contributed by atoms with Gasteiger partial charge < -0.3 is 0 Å². The molecule has 0 aliphatic carbocycles. The summed E-state index contributed by atoms with van der Waals surface area (Å²) in [6, 6.07) is 17.2. The number of benzene rings is 2. The molecule has 5 rings (SSSR count). The molecular weight excluding hydrogens is 282 g/mol. The lowest BCUT2D eigenvalue weighted by atomic mass is 10.1. The molecule has 0 bridgehead atoms. The predicted molar refractivity (Wildman–Crippen MR) is 90.0 cm³/mol. The molecule has 0 aliphatic rings. The van der Waals surface area contributed by atoms with Crippen LogP contribution in [0.1, 0.15) is 0 Å². The molecule has 0 fully saturated rings. The molecular formula is C17H9NS2. The van der Waals surface area contributed by atoms with Gasteiger partial charge in [0.05, 0.1) is 14.9 Å². The van der Waals surface area contributed by atoms with E-state index >= 15 is 0 Å². The van der Waals surface area contributed by atoms with Crippen LogP contribution in [0.15, 0.2) is 54.7 Å². The zero-order chi connectivity index (χ0) is 13.1. The van der Waals surface area contributed by atoms with E-state index in [0.29, 0.717) is 0 Å². The van der Waals surface area contributed by atoms with Gasteiger partial charge in [0, 0.05) is 31.8 Å². The molecule has 0 saturated heterocycles. The molecule has 0 spiro atoms. The van der Waals surface area contributed by atoms with Crippen molar-refractivity contribution >= 4 is 63.1 Å². The highest BCUT2D eigenvalue weighted by Gasteiger charge is 2.13. The quantitative estimate of drug-likeness (QED) is 0.350. The van der Waals surface area contributed by atoms with Gasteiger partial charge >= 0.3 is 0 Å². The number of rotatable bonds is 0. The highest BCUT2D eigenvalue weighted by molar-refractivity contribution is 7.29. The van der Waals surface area contributed by atoms with Crippen LogP contribution in [-0.4, -0.2) is 4.98 Å². The summed E-state index contributed by atoms with van der Waals surface area (Å²) in [5, 5.41) is 3.99. The van der Waals surface area contributed by atoms with Gasteiger partial charge in [-0.15, -0.1) is 22.7 Å². The van der Waals surface area contributed by atoms with E-state index in [1.165, 1.54) is 35.0 Å². The van der Waals surface area contributed by atoms with Crippen LogP contribution in [0.3, 0.4) is 0 Å². The SMILES string of the molecule is c1ccc2c(c1)sc1c2ncc2sc3ccccc3c21.